The van der Waals surface area contributed by atoms with Gasteiger partial charge < -0.3 is 21.7 Å². The number of hydrogen-bond acceptors (Lipinski definition) is 4. The highest BCUT2D eigenvalue weighted by molar-refractivity contribution is 7.80. The molecule has 0 saturated heterocycles. The molecule has 0 fully saturated rings. The Bertz CT molecular complexity index is 440. The summed E-state index contributed by atoms with van der Waals surface area (Å²) in [6.45, 7) is 8.00. The predicted molar refractivity (Wildman–Crippen MR) is 101 cm³/mol. The number of aromatic nitrogens is 1. The maximum absolute atomic E-state index is 7.56. The van der Waals surface area contributed by atoms with Gasteiger partial charge in [-0.2, -0.15) is 0 Å². The maximum Gasteiger partial charge on any atom is 0.251 e. The number of aliphatic hydroxyl groups is 2. The Labute approximate surface area is 140 Å². The third-order valence-electron chi connectivity index (χ3n) is 1.24. The van der Waals surface area contributed by atoms with Crippen LogP contribution in [0.4, 0.5) is 0 Å². The number of hydrogen-bond donors (Lipinski definition) is 4. The fraction of sp³-hybridized carbons (Fsp3) is 0.308. The lowest BCUT2D eigenvalue weighted by molar-refractivity contribution is 0.559. The largest absolute Gasteiger partial charge is 0.487 e. The van der Waals surface area contributed by atoms with Crippen LogP contribution < -0.4 is 11.5 Å². The van der Waals surface area contributed by atoms with E-state index in [1.54, 1.807) is 11.3 Å². The monoisotopic (exact) mass is 349 g/mol. The summed E-state index contributed by atoms with van der Waals surface area (Å²) in [5.74, 6) is 0. The van der Waals surface area contributed by atoms with Crippen LogP contribution in [0.5, 0.6) is 0 Å². The van der Waals surface area contributed by atoms with Crippen LogP contribution in [0.1, 0.15) is 27.7 Å². The van der Waals surface area contributed by atoms with E-state index in [4.69, 9.17) is 10.2 Å². The summed E-state index contributed by atoms with van der Waals surface area (Å²) < 4.78 is 1.26. The Kier molecular flexibility index (Phi) is 21.6. The number of nitrogens with two attached hydrogens (primary N) is 2. The first-order valence-electron chi connectivity index (χ1n) is 6.18. The standard InChI is InChI=1S/C7H5NS.2C2H6.2CH3NOS/c1-2-4-7-6(3-1)8-5-9-7;2*1-2;2*2-1(3)4/h1-5H;2*1-2H3;2*(H3,2,3,4). The number of para-hydroxylation sites is 1. The van der Waals surface area contributed by atoms with Crippen molar-refractivity contribution in [3.8, 4) is 0 Å². The highest BCUT2D eigenvalue weighted by Gasteiger charge is 1.89. The molecule has 1 heterocycles. The molecule has 0 atom stereocenters. The van der Waals surface area contributed by atoms with Gasteiger partial charge in [-0.3, -0.25) is 0 Å². The van der Waals surface area contributed by atoms with Crippen LogP contribution in [0.25, 0.3) is 10.2 Å². The number of benzene rings is 1. The average molecular weight is 350 g/mol. The summed E-state index contributed by atoms with van der Waals surface area (Å²) in [7, 11) is 0. The molecule has 0 aliphatic heterocycles. The smallest absolute Gasteiger partial charge is 0.251 e. The minimum Gasteiger partial charge on any atom is -0.487 e. The van der Waals surface area contributed by atoms with Crippen molar-refractivity contribution in [1.82, 2.24) is 4.98 Å². The molecule has 2 aromatic rings. The molecule has 6 N–H and O–H groups in total. The number of aliphatic hydroxyl groups excluding tert-OH is 2. The zero-order valence-electron chi connectivity index (χ0n) is 12.6. The molecule has 8 heteroatoms. The van der Waals surface area contributed by atoms with Crippen LogP contribution in [0.15, 0.2) is 29.8 Å². The highest BCUT2D eigenvalue weighted by atomic mass is 32.1. The number of thiocarbonyl (C=S) groups is 2. The summed E-state index contributed by atoms with van der Waals surface area (Å²) in [4.78, 5) is 4.14. The van der Waals surface area contributed by atoms with Crippen LogP contribution in [-0.4, -0.2) is 25.5 Å². The Hall–Kier alpha value is -1.51. The second kappa shape index (κ2) is 18.5. The summed E-state index contributed by atoms with van der Waals surface area (Å²) in [5, 5.41) is 14.1. The first kappa shape index (κ1) is 24.5. The molecule has 0 amide bonds. The number of fused-ring (bicyclic) bond motifs is 1. The van der Waals surface area contributed by atoms with Gasteiger partial charge in [0.15, 0.2) is 0 Å². The van der Waals surface area contributed by atoms with E-state index >= 15 is 0 Å². The van der Waals surface area contributed by atoms with E-state index in [-0.39, 0.29) is 0 Å². The van der Waals surface area contributed by atoms with Crippen molar-refractivity contribution in [2.45, 2.75) is 27.7 Å². The third-order valence-corrected chi connectivity index (χ3v) is 2.05. The predicted octanol–water partition coefficient (Wildman–Crippen LogP) is 3.92. The lowest BCUT2D eigenvalue weighted by Crippen LogP contribution is -2.03. The first-order chi connectivity index (χ1) is 9.93. The van der Waals surface area contributed by atoms with Crippen LogP contribution in [-0.2, 0) is 0 Å². The summed E-state index contributed by atoms with van der Waals surface area (Å²) in [5.41, 5.74) is 11.8. The second-order valence-electron chi connectivity index (χ2n) is 2.50. The van der Waals surface area contributed by atoms with Gasteiger partial charge in [-0.05, 0) is 36.6 Å². The van der Waals surface area contributed by atoms with Gasteiger partial charge in [0.1, 0.15) is 0 Å². The van der Waals surface area contributed by atoms with Crippen LogP contribution >= 0.6 is 35.8 Å². The third kappa shape index (κ3) is 21.0. The lowest BCUT2D eigenvalue weighted by atomic mass is 10.3. The SMILES string of the molecule is CC.CC.NC(O)=S.NC(O)=S.c1ccc2scnc2c1. The van der Waals surface area contributed by atoms with Crippen LogP contribution in [0, 0.1) is 0 Å². The summed E-state index contributed by atoms with van der Waals surface area (Å²) >= 11 is 9.42. The second-order valence-corrected chi connectivity index (χ2v) is 4.22. The number of rotatable bonds is 0. The topological polar surface area (TPSA) is 105 Å². The molecule has 1 aromatic carbocycles. The van der Waals surface area contributed by atoms with Crippen molar-refractivity contribution in [2.75, 3.05) is 0 Å². The fourth-order valence-corrected chi connectivity index (χ4v) is 1.48. The molecule has 1 aromatic heterocycles. The van der Waals surface area contributed by atoms with E-state index in [9.17, 15) is 0 Å². The van der Waals surface area contributed by atoms with Crippen molar-refractivity contribution >= 4 is 56.3 Å². The molecule has 0 saturated carbocycles. The van der Waals surface area contributed by atoms with E-state index in [0.29, 0.717) is 0 Å². The Morgan fingerprint density at radius 1 is 1.00 bits per heavy atom. The van der Waals surface area contributed by atoms with E-state index in [2.05, 4.69) is 47.0 Å². The van der Waals surface area contributed by atoms with E-state index < -0.39 is 10.3 Å². The summed E-state index contributed by atoms with van der Waals surface area (Å²) in [6, 6.07) is 8.13. The van der Waals surface area contributed by atoms with Crippen LogP contribution in [0.3, 0.4) is 0 Å². The fourth-order valence-electron chi connectivity index (χ4n) is 0.803. The van der Waals surface area contributed by atoms with Gasteiger partial charge in [0, 0.05) is 0 Å². The van der Waals surface area contributed by atoms with Crippen molar-refractivity contribution in [2.24, 2.45) is 11.5 Å². The average Bonchev–Trinajstić information content (AvgIpc) is 2.90. The zero-order valence-corrected chi connectivity index (χ0v) is 15.1. The van der Waals surface area contributed by atoms with Gasteiger partial charge in [0.25, 0.3) is 10.3 Å². The molecule has 0 bridgehead atoms. The normalized spacial score (nSPS) is 7.24. The maximum atomic E-state index is 7.56. The molecular weight excluding hydrogens is 326 g/mol. The van der Waals surface area contributed by atoms with Gasteiger partial charge in [-0.25, -0.2) is 4.98 Å². The molecular formula is C13H23N3O2S3. The molecule has 0 aliphatic carbocycles. The molecule has 21 heavy (non-hydrogen) atoms. The molecule has 2 rings (SSSR count). The van der Waals surface area contributed by atoms with Gasteiger partial charge in [-0.1, -0.05) is 39.8 Å². The quantitative estimate of drug-likeness (QED) is 0.534. The van der Waals surface area contributed by atoms with Gasteiger partial charge >= 0.3 is 0 Å². The van der Waals surface area contributed by atoms with E-state index in [1.807, 2.05) is 51.4 Å². The van der Waals surface area contributed by atoms with Crippen molar-refractivity contribution in [1.29, 1.82) is 0 Å². The van der Waals surface area contributed by atoms with Gasteiger partial charge in [0.2, 0.25) is 0 Å². The molecule has 0 spiro atoms. The molecule has 0 aliphatic rings. The van der Waals surface area contributed by atoms with E-state index in [1.165, 1.54) is 4.70 Å². The highest BCUT2D eigenvalue weighted by Crippen LogP contribution is 2.15. The minimum atomic E-state index is -0.500. The first-order valence-corrected chi connectivity index (χ1v) is 7.88. The Morgan fingerprint density at radius 3 is 1.76 bits per heavy atom. The number of nitrogens with zero attached hydrogens (tertiary/aromatic N) is 1. The Balaban J connectivity index is -0.000000232. The molecule has 120 valence electrons. The van der Waals surface area contributed by atoms with E-state index in [0.717, 1.165) is 5.52 Å². The minimum absolute atomic E-state index is 0.500. The van der Waals surface area contributed by atoms with Crippen LogP contribution in [0.2, 0.25) is 0 Å². The molecule has 0 unspecified atom stereocenters. The summed E-state index contributed by atoms with van der Waals surface area (Å²) in [6.07, 6.45) is 0. The number of thiazole rings is 1. The van der Waals surface area contributed by atoms with Gasteiger partial charge in [-0.15, -0.1) is 11.3 Å². The Morgan fingerprint density at radius 2 is 1.38 bits per heavy atom. The van der Waals surface area contributed by atoms with Crippen molar-refractivity contribution in [3.05, 3.63) is 29.8 Å². The van der Waals surface area contributed by atoms with Crippen molar-refractivity contribution < 1.29 is 10.2 Å². The molecule has 5 nitrogen and oxygen atoms in total. The zero-order chi connectivity index (χ0) is 17.3. The lowest BCUT2D eigenvalue weighted by Gasteiger charge is -1.80. The van der Waals surface area contributed by atoms with Gasteiger partial charge in [0.05, 0.1) is 15.7 Å². The molecule has 0 radical (unpaired) electrons. The van der Waals surface area contributed by atoms with Crippen molar-refractivity contribution in [3.63, 3.8) is 0 Å².